The number of rotatable bonds is 7. The number of imidazole rings is 1. The molecule has 7 nitrogen and oxygen atoms in total. The summed E-state index contributed by atoms with van der Waals surface area (Å²) in [5, 5.41) is 9.32. The first-order chi connectivity index (χ1) is 11.8. The van der Waals surface area contributed by atoms with Gasteiger partial charge in [-0.25, -0.2) is 9.78 Å². The Balaban J connectivity index is 1.88. The summed E-state index contributed by atoms with van der Waals surface area (Å²) in [7, 11) is -1.15. The topological polar surface area (TPSA) is 82.8 Å². The molecule has 8 heteroatoms. The number of fused-ring (bicyclic) bond motifs is 1. The maximum Gasteiger partial charge on any atom is 0.335 e. The lowest BCUT2D eigenvalue weighted by molar-refractivity contribution is -0.0239. The number of carboxylic acids is 1. The molecular formula is C17H22N2O5Si. The molecule has 1 aromatic carbocycles. The third kappa shape index (κ3) is 4.02. The Labute approximate surface area is 146 Å². The van der Waals surface area contributed by atoms with E-state index < -0.39 is 20.3 Å². The first-order valence-corrected chi connectivity index (χ1v) is 11.8. The van der Waals surface area contributed by atoms with Crippen LogP contribution in [0, 0.1) is 0 Å². The summed E-state index contributed by atoms with van der Waals surface area (Å²) >= 11 is 0. The summed E-state index contributed by atoms with van der Waals surface area (Å²) in [5.41, 5.74) is 2.09. The van der Waals surface area contributed by atoms with Gasteiger partial charge < -0.3 is 23.9 Å². The maximum atomic E-state index is 11.4. The molecule has 0 saturated heterocycles. The van der Waals surface area contributed by atoms with Crippen LogP contribution >= 0.6 is 0 Å². The monoisotopic (exact) mass is 362 g/mol. The highest BCUT2D eigenvalue weighted by Crippen LogP contribution is 2.31. The van der Waals surface area contributed by atoms with Crippen LogP contribution in [0.25, 0.3) is 11.0 Å². The zero-order valence-corrected chi connectivity index (χ0v) is 15.6. The number of nitrogens with zero attached hydrogens (tertiary/aromatic N) is 2. The minimum atomic E-state index is -1.15. The lowest BCUT2D eigenvalue weighted by Crippen LogP contribution is -2.22. The fraction of sp³-hybridized carbons (Fsp3) is 0.412. The van der Waals surface area contributed by atoms with E-state index in [0.717, 1.165) is 11.6 Å². The molecular weight excluding hydrogens is 340 g/mol. The number of ether oxygens (including phenoxy) is 3. The Bertz CT molecular complexity index is 801. The zero-order chi connectivity index (χ0) is 18.0. The summed E-state index contributed by atoms with van der Waals surface area (Å²) < 4.78 is 18.5. The van der Waals surface area contributed by atoms with Gasteiger partial charge in [0.1, 0.15) is 19.3 Å². The van der Waals surface area contributed by atoms with Gasteiger partial charge in [0.15, 0.2) is 0 Å². The van der Waals surface area contributed by atoms with Gasteiger partial charge in [-0.2, -0.15) is 0 Å². The lowest BCUT2D eigenvalue weighted by atomic mass is 10.1. The first kappa shape index (κ1) is 17.5. The van der Waals surface area contributed by atoms with E-state index in [0.29, 0.717) is 24.4 Å². The fourth-order valence-electron chi connectivity index (χ4n) is 2.57. The quantitative estimate of drug-likeness (QED) is 0.599. The summed E-state index contributed by atoms with van der Waals surface area (Å²) in [6, 6.07) is 4.18. The second-order valence-corrected chi connectivity index (χ2v) is 12.8. The predicted octanol–water partition coefficient (Wildman–Crippen LogP) is 3.56. The lowest BCUT2D eigenvalue weighted by Gasteiger charge is -2.17. The Morgan fingerprint density at radius 1 is 1.32 bits per heavy atom. The number of benzene rings is 1. The van der Waals surface area contributed by atoms with E-state index >= 15 is 0 Å². The van der Waals surface area contributed by atoms with Gasteiger partial charge in [0, 0.05) is 14.7 Å². The Morgan fingerprint density at radius 2 is 2.04 bits per heavy atom. The summed E-state index contributed by atoms with van der Waals surface area (Å²) in [6.07, 6.45) is 3.85. The maximum absolute atomic E-state index is 11.4. The highest BCUT2D eigenvalue weighted by molar-refractivity contribution is 6.76. The minimum absolute atomic E-state index is 0.145. The third-order valence-corrected chi connectivity index (χ3v) is 5.63. The van der Waals surface area contributed by atoms with Crippen LogP contribution in [0.1, 0.15) is 22.2 Å². The number of aromatic carboxylic acids is 1. The first-order valence-electron chi connectivity index (χ1n) is 8.11. The molecule has 0 spiro atoms. The van der Waals surface area contributed by atoms with Crippen molar-refractivity contribution >= 4 is 25.1 Å². The zero-order valence-electron chi connectivity index (χ0n) is 14.6. The highest BCUT2D eigenvalue weighted by atomic mass is 28.3. The second kappa shape index (κ2) is 6.89. The SMILES string of the molecule is C[Si](C)(C)CCOCn1cnc2cc(C(=O)O)cc(C3OC=CO3)c21. The van der Waals surface area contributed by atoms with Gasteiger partial charge in [-0.05, 0) is 18.2 Å². The van der Waals surface area contributed by atoms with E-state index in [1.54, 1.807) is 18.5 Å². The minimum Gasteiger partial charge on any atom is -0.478 e. The van der Waals surface area contributed by atoms with Crippen molar-refractivity contribution in [3.05, 3.63) is 42.1 Å². The molecule has 1 aromatic heterocycles. The van der Waals surface area contributed by atoms with Gasteiger partial charge in [-0.1, -0.05) is 19.6 Å². The van der Waals surface area contributed by atoms with E-state index in [4.69, 9.17) is 14.2 Å². The van der Waals surface area contributed by atoms with Gasteiger partial charge in [-0.15, -0.1) is 0 Å². The normalized spacial score (nSPS) is 14.7. The van der Waals surface area contributed by atoms with Crippen LogP contribution in [0.3, 0.4) is 0 Å². The van der Waals surface area contributed by atoms with Crippen molar-refractivity contribution in [1.29, 1.82) is 0 Å². The Morgan fingerprint density at radius 3 is 2.68 bits per heavy atom. The molecule has 0 aliphatic carbocycles. The van der Waals surface area contributed by atoms with Crippen LogP contribution in [-0.4, -0.2) is 35.3 Å². The molecule has 3 rings (SSSR count). The van der Waals surface area contributed by atoms with Crippen molar-refractivity contribution < 1.29 is 24.1 Å². The Kier molecular flexibility index (Phi) is 4.82. The van der Waals surface area contributed by atoms with E-state index in [1.807, 2.05) is 4.57 Å². The highest BCUT2D eigenvalue weighted by Gasteiger charge is 2.24. The van der Waals surface area contributed by atoms with Crippen LogP contribution in [0.4, 0.5) is 0 Å². The number of hydrogen-bond donors (Lipinski definition) is 1. The molecule has 25 heavy (non-hydrogen) atoms. The van der Waals surface area contributed by atoms with E-state index in [2.05, 4.69) is 24.6 Å². The van der Waals surface area contributed by atoms with Crippen molar-refractivity contribution in [2.24, 2.45) is 0 Å². The summed E-state index contributed by atoms with van der Waals surface area (Å²) in [5.74, 6) is -1.02. The van der Waals surface area contributed by atoms with Crippen molar-refractivity contribution in [2.45, 2.75) is 38.7 Å². The number of aromatic nitrogens is 2. The van der Waals surface area contributed by atoms with Crippen molar-refractivity contribution in [2.75, 3.05) is 6.61 Å². The third-order valence-electron chi connectivity index (χ3n) is 3.93. The molecule has 1 aliphatic heterocycles. The van der Waals surface area contributed by atoms with Crippen LogP contribution < -0.4 is 0 Å². The van der Waals surface area contributed by atoms with Gasteiger partial charge in [-0.3, -0.25) is 0 Å². The van der Waals surface area contributed by atoms with Crippen LogP contribution in [-0.2, 0) is 20.9 Å². The van der Waals surface area contributed by atoms with Gasteiger partial charge in [0.05, 0.1) is 28.5 Å². The molecule has 0 unspecified atom stereocenters. The molecule has 0 fully saturated rings. The van der Waals surface area contributed by atoms with Crippen molar-refractivity contribution in [1.82, 2.24) is 9.55 Å². The van der Waals surface area contributed by atoms with Crippen LogP contribution in [0.15, 0.2) is 31.0 Å². The molecule has 1 aliphatic rings. The van der Waals surface area contributed by atoms with Crippen LogP contribution in [0.5, 0.6) is 0 Å². The predicted molar refractivity (Wildman–Crippen MR) is 94.8 cm³/mol. The second-order valence-electron chi connectivity index (χ2n) is 7.18. The Hall–Kier alpha value is -2.32. The van der Waals surface area contributed by atoms with Crippen LogP contribution in [0.2, 0.25) is 25.7 Å². The molecule has 2 aromatic rings. The molecule has 0 atom stereocenters. The molecule has 2 heterocycles. The van der Waals surface area contributed by atoms with Gasteiger partial charge in [0.25, 0.3) is 6.29 Å². The molecule has 0 bridgehead atoms. The molecule has 0 saturated carbocycles. The van der Waals surface area contributed by atoms with E-state index in [1.165, 1.54) is 12.5 Å². The smallest absolute Gasteiger partial charge is 0.335 e. The fourth-order valence-corrected chi connectivity index (χ4v) is 3.33. The van der Waals surface area contributed by atoms with E-state index in [9.17, 15) is 9.90 Å². The molecule has 1 N–H and O–H groups in total. The molecule has 0 amide bonds. The molecule has 0 radical (unpaired) electrons. The summed E-state index contributed by atoms with van der Waals surface area (Å²) in [4.78, 5) is 15.7. The molecule has 134 valence electrons. The van der Waals surface area contributed by atoms with Crippen molar-refractivity contribution in [3.63, 3.8) is 0 Å². The van der Waals surface area contributed by atoms with E-state index in [-0.39, 0.29) is 5.56 Å². The average molecular weight is 362 g/mol. The van der Waals surface area contributed by atoms with Gasteiger partial charge >= 0.3 is 5.97 Å². The number of carboxylic acid groups (broad SMARTS) is 1. The largest absolute Gasteiger partial charge is 0.478 e. The average Bonchev–Trinajstić information content (AvgIpc) is 3.19. The number of hydrogen-bond acceptors (Lipinski definition) is 5. The summed E-state index contributed by atoms with van der Waals surface area (Å²) in [6.45, 7) is 7.94. The standard InChI is InChI=1S/C17H22N2O5Si/c1-25(2,3)7-6-22-11-19-10-18-14-9-12(16(20)21)8-13(15(14)19)17-23-4-5-24-17/h4-5,8-10,17H,6-7,11H2,1-3H3,(H,20,21). The van der Waals surface area contributed by atoms with Crippen molar-refractivity contribution in [3.8, 4) is 0 Å². The number of carbonyl (C=O) groups is 1. The van der Waals surface area contributed by atoms with Gasteiger partial charge in [0.2, 0.25) is 0 Å².